The molecule has 0 atom stereocenters. The van der Waals surface area contributed by atoms with Gasteiger partial charge in [0.25, 0.3) is 0 Å². The smallest absolute Gasteiger partial charge is 0.371 e. The molecule has 0 radical (unpaired) electrons. The highest BCUT2D eigenvalue weighted by Gasteiger charge is 2.12. The minimum atomic E-state index is -1.11. The number of hydrogen-bond acceptors (Lipinski definition) is 7. The molecule has 0 unspecified atom stereocenters. The van der Waals surface area contributed by atoms with Crippen molar-refractivity contribution in [2.45, 2.75) is 10.1 Å². The van der Waals surface area contributed by atoms with Crippen LogP contribution in [0.3, 0.4) is 0 Å². The van der Waals surface area contributed by atoms with E-state index in [-0.39, 0.29) is 5.76 Å². The Kier molecular flexibility index (Phi) is 2.45. The van der Waals surface area contributed by atoms with Crippen LogP contribution in [0, 0.1) is 0 Å². The quantitative estimate of drug-likeness (QED) is 0.744. The van der Waals surface area contributed by atoms with Gasteiger partial charge in [-0.15, -0.1) is 5.10 Å². The molecule has 0 saturated carbocycles. The fourth-order valence-electron chi connectivity index (χ4n) is 1.32. The van der Waals surface area contributed by atoms with Gasteiger partial charge in [-0.2, -0.15) is 4.52 Å². The molecular formula is C9H5N5O3S. The molecule has 18 heavy (non-hydrogen) atoms. The molecule has 0 amide bonds. The van der Waals surface area contributed by atoms with E-state index in [2.05, 4.69) is 20.5 Å². The highest BCUT2D eigenvalue weighted by Crippen LogP contribution is 2.28. The molecule has 0 bridgehead atoms. The van der Waals surface area contributed by atoms with Crippen molar-refractivity contribution in [2.75, 3.05) is 0 Å². The molecule has 1 N–H and O–H groups in total. The van der Waals surface area contributed by atoms with E-state index in [0.29, 0.717) is 15.8 Å². The van der Waals surface area contributed by atoms with Gasteiger partial charge in [0.15, 0.2) is 10.7 Å². The predicted octanol–water partition coefficient (Wildman–Crippen LogP) is 0.962. The third-order valence-corrected chi connectivity index (χ3v) is 2.98. The summed E-state index contributed by atoms with van der Waals surface area (Å²) in [6.07, 6.45) is 3.09. The molecular weight excluding hydrogens is 258 g/mol. The van der Waals surface area contributed by atoms with Gasteiger partial charge in [0, 0.05) is 0 Å². The van der Waals surface area contributed by atoms with Gasteiger partial charge in [-0.3, -0.25) is 4.98 Å². The van der Waals surface area contributed by atoms with Crippen LogP contribution in [-0.2, 0) is 0 Å². The van der Waals surface area contributed by atoms with Crippen molar-refractivity contribution in [3.05, 3.63) is 30.3 Å². The Hall–Kier alpha value is -2.42. The van der Waals surface area contributed by atoms with Gasteiger partial charge in [-0.1, -0.05) is 0 Å². The fourth-order valence-corrected chi connectivity index (χ4v) is 2.12. The maximum absolute atomic E-state index is 10.7. The lowest BCUT2D eigenvalue weighted by Crippen LogP contribution is -1.93. The molecule has 3 aromatic heterocycles. The molecule has 0 aliphatic carbocycles. The van der Waals surface area contributed by atoms with E-state index >= 15 is 0 Å². The molecule has 3 rings (SSSR count). The van der Waals surface area contributed by atoms with Gasteiger partial charge in [0.05, 0.1) is 12.4 Å². The number of fused-ring (bicyclic) bond motifs is 1. The largest absolute Gasteiger partial charge is 0.475 e. The monoisotopic (exact) mass is 263 g/mol. The number of aromatic carboxylic acids is 1. The Bertz CT molecular complexity index is 722. The van der Waals surface area contributed by atoms with E-state index < -0.39 is 5.97 Å². The van der Waals surface area contributed by atoms with Crippen LogP contribution in [0.5, 0.6) is 0 Å². The molecule has 8 nitrogen and oxygen atoms in total. The lowest BCUT2D eigenvalue weighted by molar-refractivity contribution is 0.0656. The van der Waals surface area contributed by atoms with Crippen LogP contribution in [0.1, 0.15) is 10.6 Å². The van der Waals surface area contributed by atoms with Gasteiger partial charge in [-0.25, -0.2) is 4.79 Å². The van der Waals surface area contributed by atoms with E-state index in [1.54, 1.807) is 12.3 Å². The van der Waals surface area contributed by atoms with Crippen molar-refractivity contribution < 1.29 is 14.3 Å². The van der Waals surface area contributed by atoms with E-state index in [0.717, 1.165) is 0 Å². The normalized spacial score (nSPS) is 10.9. The van der Waals surface area contributed by atoms with Crippen molar-refractivity contribution in [3.63, 3.8) is 0 Å². The van der Waals surface area contributed by atoms with E-state index in [9.17, 15) is 4.79 Å². The number of furan rings is 1. The van der Waals surface area contributed by atoms with Crippen LogP contribution in [0.25, 0.3) is 5.65 Å². The molecule has 3 heterocycles. The highest BCUT2D eigenvalue weighted by atomic mass is 32.2. The number of rotatable bonds is 3. The number of tetrazole rings is 1. The summed E-state index contributed by atoms with van der Waals surface area (Å²) in [7, 11) is 0. The summed E-state index contributed by atoms with van der Waals surface area (Å²) in [5, 5.41) is 20.9. The Morgan fingerprint density at radius 3 is 3.06 bits per heavy atom. The minimum Gasteiger partial charge on any atom is -0.475 e. The maximum Gasteiger partial charge on any atom is 0.371 e. The van der Waals surface area contributed by atoms with E-state index in [4.69, 9.17) is 9.52 Å². The van der Waals surface area contributed by atoms with Crippen LogP contribution in [0.4, 0.5) is 0 Å². The SMILES string of the molecule is O=C(O)c1ccc(Sc2cncc3nnnn23)o1. The van der Waals surface area contributed by atoms with Gasteiger partial charge in [0.1, 0.15) is 5.03 Å². The predicted molar refractivity (Wildman–Crippen MR) is 58.4 cm³/mol. The summed E-state index contributed by atoms with van der Waals surface area (Å²) in [6.45, 7) is 0. The lowest BCUT2D eigenvalue weighted by Gasteiger charge is -1.98. The van der Waals surface area contributed by atoms with Gasteiger partial charge >= 0.3 is 5.97 Å². The first-order valence-electron chi connectivity index (χ1n) is 4.77. The first-order chi connectivity index (χ1) is 8.74. The molecule has 0 spiro atoms. The summed E-state index contributed by atoms with van der Waals surface area (Å²) in [4.78, 5) is 14.7. The van der Waals surface area contributed by atoms with Crippen LogP contribution in [0.2, 0.25) is 0 Å². The zero-order valence-electron chi connectivity index (χ0n) is 8.72. The Labute approximate surface area is 104 Å². The molecule has 0 aliphatic heterocycles. The third kappa shape index (κ3) is 1.80. The van der Waals surface area contributed by atoms with Crippen molar-refractivity contribution in [2.24, 2.45) is 0 Å². The summed E-state index contributed by atoms with van der Waals surface area (Å²) in [5.41, 5.74) is 0.505. The minimum absolute atomic E-state index is 0.116. The average Bonchev–Trinajstić information content (AvgIpc) is 2.97. The van der Waals surface area contributed by atoms with Crippen LogP contribution < -0.4 is 0 Å². The highest BCUT2D eigenvalue weighted by molar-refractivity contribution is 7.99. The Balaban J connectivity index is 1.96. The summed E-state index contributed by atoms with van der Waals surface area (Å²) < 4.78 is 6.61. The number of hydrogen-bond donors (Lipinski definition) is 1. The summed E-state index contributed by atoms with van der Waals surface area (Å²) >= 11 is 1.19. The second kappa shape index (κ2) is 4.11. The molecule has 0 aromatic carbocycles. The van der Waals surface area contributed by atoms with Crippen LogP contribution in [-0.4, -0.2) is 36.1 Å². The topological polar surface area (TPSA) is 106 Å². The zero-order chi connectivity index (χ0) is 12.5. The van der Waals surface area contributed by atoms with Crippen molar-refractivity contribution in [1.82, 2.24) is 25.0 Å². The fraction of sp³-hybridized carbons (Fsp3) is 0. The van der Waals surface area contributed by atoms with Crippen LogP contribution in [0.15, 0.2) is 39.1 Å². The van der Waals surface area contributed by atoms with Gasteiger partial charge in [0.2, 0.25) is 5.76 Å². The molecule has 0 aliphatic rings. The Morgan fingerprint density at radius 2 is 2.28 bits per heavy atom. The number of carbonyl (C=O) groups is 1. The average molecular weight is 263 g/mol. The number of carboxylic acid groups (broad SMARTS) is 1. The first-order valence-corrected chi connectivity index (χ1v) is 5.59. The molecule has 0 saturated heterocycles. The standard InChI is InChI=1S/C9H5N5O3S/c15-9(16)5-1-2-8(17-5)18-7-4-10-3-6-11-12-13-14(6)7/h1-4H,(H,15,16). The van der Waals surface area contributed by atoms with Crippen molar-refractivity contribution in [3.8, 4) is 0 Å². The zero-order valence-corrected chi connectivity index (χ0v) is 9.53. The van der Waals surface area contributed by atoms with Gasteiger partial charge < -0.3 is 9.52 Å². The molecule has 0 fully saturated rings. The molecule has 90 valence electrons. The summed E-state index contributed by atoms with van der Waals surface area (Å²) in [5.74, 6) is -1.23. The number of aromatic nitrogens is 5. The van der Waals surface area contributed by atoms with E-state index in [1.165, 1.54) is 28.5 Å². The first kappa shape index (κ1) is 10.7. The van der Waals surface area contributed by atoms with Crippen molar-refractivity contribution in [1.29, 1.82) is 0 Å². The second-order valence-electron chi connectivity index (χ2n) is 3.22. The molecule has 9 heteroatoms. The third-order valence-electron chi connectivity index (χ3n) is 2.07. The molecule has 3 aromatic rings. The van der Waals surface area contributed by atoms with Crippen molar-refractivity contribution >= 4 is 23.4 Å². The number of carboxylic acids is 1. The maximum atomic E-state index is 10.7. The lowest BCUT2D eigenvalue weighted by atomic mass is 10.5. The summed E-state index contributed by atoms with van der Waals surface area (Å²) in [6, 6.07) is 2.95. The van der Waals surface area contributed by atoms with Gasteiger partial charge in [-0.05, 0) is 34.3 Å². The number of nitrogens with zero attached hydrogens (tertiary/aromatic N) is 5. The van der Waals surface area contributed by atoms with Crippen LogP contribution >= 0.6 is 11.8 Å². The Morgan fingerprint density at radius 1 is 1.39 bits per heavy atom. The second-order valence-corrected chi connectivity index (χ2v) is 4.25. The van der Waals surface area contributed by atoms with E-state index in [1.807, 2.05) is 0 Å².